The van der Waals surface area contributed by atoms with E-state index in [-0.39, 0.29) is 5.92 Å². The Hall–Kier alpha value is -1.84. The van der Waals surface area contributed by atoms with Crippen molar-refractivity contribution < 1.29 is 0 Å². The maximum absolute atomic E-state index is 8.99. The highest BCUT2D eigenvalue weighted by Crippen LogP contribution is 2.19. The van der Waals surface area contributed by atoms with Gasteiger partial charge < -0.3 is 0 Å². The third kappa shape index (κ3) is 2.88. The predicted molar refractivity (Wildman–Crippen MR) is 69.5 cm³/mol. The summed E-state index contributed by atoms with van der Waals surface area (Å²) in [6.07, 6.45) is 2.13. The molecule has 3 nitrogen and oxygen atoms in total. The standard InChI is InChI=1S/C15H17N3/c1-12-7-13(8-16)4-5-15(12)11-18-6-2-3-14(9-17)10-18/h4-5,7,14H,2-3,6,10-11H2,1H3. The first-order chi connectivity index (χ1) is 8.72. The van der Waals surface area contributed by atoms with Crippen LogP contribution in [0.3, 0.4) is 0 Å². The van der Waals surface area contributed by atoms with Gasteiger partial charge in [-0.1, -0.05) is 6.07 Å². The molecular formula is C15H17N3. The van der Waals surface area contributed by atoms with Crippen LogP contribution in [0.2, 0.25) is 0 Å². The molecule has 1 unspecified atom stereocenters. The highest BCUT2D eigenvalue weighted by molar-refractivity contribution is 5.37. The van der Waals surface area contributed by atoms with Crippen LogP contribution in [0.25, 0.3) is 0 Å². The molecule has 0 spiro atoms. The van der Waals surface area contributed by atoms with Crippen LogP contribution in [0.1, 0.15) is 29.5 Å². The third-order valence-electron chi connectivity index (χ3n) is 3.55. The third-order valence-corrected chi connectivity index (χ3v) is 3.55. The van der Waals surface area contributed by atoms with E-state index in [1.165, 1.54) is 5.56 Å². The van der Waals surface area contributed by atoms with Crippen molar-refractivity contribution >= 4 is 0 Å². The largest absolute Gasteiger partial charge is 0.298 e. The molecule has 1 aliphatic heterocycles. The highest BCUT2D eigenvalue weighted by atomic mass is 15.1. The molecule has 1 heterocycles. The average Bonchev–Trinajstić information content (AvgIpc) is 2.41. The van der Waals surface area contributed by atoms with Crippen molar-refractivity contribution in [3.8, 4) is 12.1 Å². The van der Waals surface area contributed by atoms with Crippen molar-refractivity contribution in [3.63, 3.8) is 0 Å². The molecule has 1 fully saturated rings. The summed E-state index contributed by atoms with van der Waals surface area (Å²) in [4.78, 5) is 2.34. The second kappa shape index (κ2) is 5.67. The average molecular weight is 239 g/mol. The van der Waals surface area contributed by atoms with Crippen LogP contribution in [0.5, 0.6) is 0 Å². The van der Waals surface area contributed by atoms with Gasteiger partial charge in [0.25, 0.3) is 0 Å². The zero-order valence-electron chi connectivity index (χ0n) is 10.7. The SMILES string of the molecule is Cc1cc(C#N)ccc1CN1CCCC(C#N)C1. The molecule has 1 aromatic rings. The summed E-state index contributed by atoms with van der Waals surface area (Å²) in [7, 11) is 0. The smallest absolute Gasteiger partial charge is 0.0991 e. The number of benzene rings is 1. The molecule has 1 atom stereocenters. The van der Waals surface area contributed by atoms with Crippen molar-refractivity contribution in [1.82, 2.24) is 4.90 Å². The minimum atomic E-state index is 0.178. The molecule has 92 valence electrons. The van der Waals surface area contributed by atoms with E-state index in [9.17, 15) is 0 Å². The lowest BCUT2D eigenvalue weighted by Gasteiger charge is -2.29. The van der Waals surface area contributed by atoms with E-state index in [0.29, 0.717) is 5.56 Å². The number of aryl methyl sites for hydroxylation is 1. The van der Waals surface area contributed by atoms with Crippen LogP contribution < -0.4 is 0 Å². The highest BCUT2D eigenvalue weighted by Gasteiger charge is 2.19. The summed E-state index contributed by atoms with van der Waals surface area (Å²) in [6, 6.07) is 10.4. The molecule has 0 bridgehead atoms. The number of hydrogen-bond donors (Lipinski definition) is 0. The molecule has 0 saturated carbocycles. The molecule has 0 radical (unpaired) electrons. The Morgan fingerprint density at radius 3 is 2.89 bits per heavy atom. The van der Waals surface area contributed by atoms with Crippen LogP contribution in [-0.4, -0.2) is 18.0 Å². The summed E-state index contributed by atoms with van der Waals surface area (Å²) < 4.78 is 0. The quantitative estimate of drug-likeness (QED) is 0.797. The fraction of sp³-hybridized carbons (Fsp3) is 0.467. The summed E-state index contributed by atoms with van der Waals surface area (Å²) in [5.41, 5.74) is 3.13. The van der Waals surface area contributed by atoms with Crippen molar-refractivity contribution in [2.24, 2.45) is 5.92 Å². The van der Waals surface area contributed by atoms with Crippen LogP contribution >= 0.6 is 0 Å². The summed E-state index contributed by atoms with van der Waals surface area (Å²) in [5.74, 6) is 0.178. The van der Waals surface area contributed by atoms with E-state index in [4.69, 9.17) is 10.5 Å². The Labute approximate surface area is 108 Å². The molecule has 0 N–H and O–H groups in total. The van der Waals surface area contributed by atoms with Crippen molar-refractivity contribution in [2.45, 2.75) is 26.3 Å². The first-order valence-corrected chi connectivity index (χ1v) is 6.34. The Morgan fingerprint density at radius 2 is 2.22 bits per heavy atom. The normalized spacial score (nSPS) is 20.1. The fourth-order valence-electron chi connectivity index (χ4n) is 2.49. The Morgan fingerprint density at radius 1 is 1.39 bits per heavy atom. The first kappa shape index (κ1) is 12.6. The lowest BCUT2D eigenvalue weighted by Crippen LogP contribution is -2.34. The number of nitrogens with zero attached hydrogens (tertiary/aromatic N) is 3. The van der Waals surface area contributed by atoms with E-state index in [2.05, 4.69) is 17.0 Å². The van der Waals surface area contributed by atoms with Gasteiger partial charge in [-0.15, -0.1) is 0 Å². The van der Waals surface area contributed by atoms with Gasteiger partial charge in [-0.05, 0) is 49.6 Å². The molecule has 18 heavy (non-hydrogen) atoms. The number of likely N-dealkylation sites (tertiary alicyclic amines) is 1. The number of rotatable bonds is 2. The van der Waals surface area contributed by atoms with Gasteiger partial charge in [0, 0.05) is 13.1 Å². The first-order valence-electron chi connectivity index (χ1n) is 6.34. The van der Waals surface area contributed by atoms with Gasteiger partial charge in [0.15, 0.2) is 0 Å². The molecule has 1 aliphatic rings. The van der Waals surface area contributed by atoms with E-state index in [1.807, 2.05) is 25.1 Å². The van der Waals surface area contributed by atoms with Crippen LogP contribution in [-0.2, 0) is 6.54 Å². The van der Waals surface area contributed by atoms with Gasteiger partial charge in [0.1, 0.15) is 0 Å². The maximum atomic E-state index is 8.99. The minimum Gasteiger partial charge on any atom is -0.298 e. The van der Waals surface area contributed by atoms with Crippen LogP contribution in [0.15, 0.2) is 18.2 Å². The van der Waals surface area contributed by atoms with Gasteiger partial charge in [-0.2, -0.15) is 10.5 Å². The summed E-state index contributed by atoms with van der Waals surface area (Å²) in [6.45, 7) is 4.87. The molecule has 0 amide bonds. The molecule has 3 heteroatoms. The van der Waals surface area contributed by atoms with Crippen molar-refractivity contribution in [1.29, 1.82) is 10.5 Å². The lowest BCUT2D eigenvalue weighted by molar-refractivity contribution is 0.192. The molecule has 2 rings (SSSR count). The van der Waals surface area contributed by atoms with Gasteiger partial charge >= 0.3 is 0 Å². The Kier molecular flexibility index (Phi) is 3.97. The van der Waals surface area contributed by atoms with Gasteiger partial charge in [-0.3, -0.25) is 4.90 Å². The zero-order chi connectivity index (χ0) is 13.0. The zero-order valence-corrected chi connectivity index (χ0v) is 10.7. The number of nitriles is 2. The summed E-state index contributed by atoms with van der Waals surface area (Å²) in [5, 5.41) is 17.8. The molecular weight excluding hydrogens is 222 g/mol. The van der Waals surface area contributed by atoms with E-state index in [0.717, 1.165) is 38.0 Å². The molecule has 1 saturated heterocycles. The summed E-state index contributed by atoms with van der Waals surface area (Å²) >= 11 is 0. The Balaban J connectivity index is 2.06. The van der Waals surface area contributed by atoms with Crippen molar-refractivity contribution in [3.05, 3.63) is 34.9 Å². The predicted octanol–water partition coefficient (Wildman–Crippen LogP) is 2.60. The fourth-order valence-corrected chi connectivity index (χ4v) is 2.49. The van der Waals surface area contributed by atoms with Crippen molar-refractivity contribution in [2.75, 3.05) is 13.1 Å². The number of piperidine rings is 1. The van der Waals surface area contributed by atoms with Gasteiger partial charge in [0.05, 0.1) is 23.6 Å². The van der Waals surface area contributed by atoms with Crippen LogP contribution in [0.4, 0.5) is 0 Å². The molecule has 0 aromatic heterocycles. The molecule has 1 aromatic carbocycles. The minimum absolute atomic E-state index is 0.178. The topological polar surface area (TPSA) is 50.8 Å². The van der Waals surface area contributed by atoms with Gasteiger partial charge in [-0.25, -0.2) is 0 Å². The van der Waals surface area contributed by atoms with Gasteiger partial charge in [0.2, 0.25) is 0 Å². The monoisotopic (exact) mass is 239 g/mol. The van der Waals surface area contributed by atoms with E-state index in [1.54, 1.807) is 0 Å². The lowest BCUT2D eigenvalue weighted by atomic mass is 9.98. The second-order valence-electron chi connectivity index (χ2n) is 4.96. The molecule has 0 aliphatic carbocycles. The Bertz CT molecular complexity index is 507. The van der Waals surface area contributed by atoms with Crippen LogP contribution in [0, 0.1) is 35.5 Å². The second-order valence-corrected chi connectivity index (χ2v) is 4.96. The maximum Gasteiger partial charge on any atom is 0.0991 e. The van der Waals surface area contributed by atoms with E-state index < -0.39 is 0 Å². The van der Waals surface area contributed by atoms with E-state index >= 15 is 0 Å². The number of hydrogen-bond acceptors (Lipinski definition) is 3.